The number of aromatic hydroxyl groups is 1. The number of carbonyl (C=O) groups excluding carboxylic acids is 1. The van der Waals surface area contributed by atoms with Crippen molar-refractivity contribution in [3.8, 4) is 11.5 Å². The largest absolute Gasteiger partial charge is 0.504 e. The maximum Gasteiger partial charge on any atom is 0.161 e. The van der Waals surface area contributed by atoms with Gasteiger partial charge in [-0.3, -0.25) is 4.79 Å². The Morgan fingerprint density at radius 3 is 2.44 bits per heavy atom. The molecule has 16 heavy (non-hydrogen) atoms. The fourth-order valence-corrected chi connectivity index (χ4v) is 0.768. The van der Waals surface area contributed by atoms with Crippen molar-refractivity contribution in [1.29, 1.82) is 0 Å². The fraction of sp³-hybridized carbons (Fsp3) is 0.364. The average molecular weight is 228 g/mol. The van der Waals surface area contributed by atoms with E-state index in [1.54, 1.807) is 0 Å². The van der Waals surface area contributed by atoms with Gasteiger partial charge in [-0.15, -0.1) is 0 Å². The number of benzene rings is 1. The summed E-state index contributed by atoms with van der Waals surface area (Å²) >= 11 is 0. The van der Waals surface area contributed by atoms with Crippen molar-refractivity contribution in [2.24, 2.45) is 0 Å². The summed E-state index contributed by atoms with van der Waals surface area (Å²) in [6.45, 7) is 1.39. The minimum Gasteiger partial charge on any atom is -0.504 e. The molecule has 0 aliphatic heterocycles. The molecule has 0 bridgehead atoms. The number of aliphatic hydroxyl groups is 2. The second-order valence-corrected chi connectivity index (χ2v) is 3.08. The summed E-state index contributed by atoms with van der Waals surface area (Å²) in [6.07, 6.45) is 0.136. The Labute approximate surface area is 93.9 Å². The lowest BCUT2D eigenvalue weighted by molar-refractivity contribution is 0.110. The van der Waals surface area contributed by atoms with Crippen LogP contribution >= 0.6 is 0 Å². The Hall–Kier alpha value is -1.59. The molecule has 0 aliphatic rings. The highest BCUT2D eigenvalue weighted by Crippen LogP contribution is 2.25. The van der Waals surface area contributed by atoms with Gasteiger partial charge in [0.25, 0.3) is 0 Å². The highest BCUT2D eigenvalue weighted by molar-refractivity contribution is 5.76. The number of phenolic OH excluding ortho intramolecular Hbond substituents is 1. The third-order valence-electron chi connectivity index (χ3n) is 1.60. The third kappa shape index (κ3) is 5.33. The second kappa shape index (κ2) is 7.67. The first-order valence-electron chi connectivity index (χ1n) is 4.66. The van der Waals surface area contributed by atoms with Gasteiger partial charge in [0, 0.05) is 5.56 Å². The molecule has 90 valence electrons. The molecule has 0 saturated carbocycles. The third-order valence-corrected chi connectivity index (χ3v) is 1.60. The van der Waals surface area contributed by atoms with Gasteiger partial charge >= 0.3 is 0 Å². The number of carbonyl (C=O) groups is 1. The average Bonchev–Trinajstić information content (AvgIpc) is 2.30. The van der Waals surface area contributed by atoms with E-state index >= 15 is 0 Å². The quantitative estimate of drug-likeness (QED) is 0.658. The van der Waals surface area contributed by atoms with Crippen LogP contribution in [-0.4, -0.2) is 41.4 Å². The zero-order chi connectivity index (χ0) is 12.6. The number of methoxy groups -OCH3 is 1. The molecule has 0 heterocycles. The molecule has 0 fully saturated rings. The normalized spacial score (nSPS) is 11.0. The number of phenols is 1. The summed E-state index contributed by atoms with van der Waals surface area (Å²) < 4.78 is 4.78. The predicted octanol–water partition coefficient (Wildman–Crippen LogP) is 0.573. The molecule has 0 spiro atoms. The summed E-state index contributed by atoms with van der Waals surface area (Å²) in [5.74, 6) is 0.354. The van der Waals surface area contributed by atoms with Crippen molar-refractivity contribution in [3.05, 3.63) is 23.8 Å². The Kier molecular flexibility index (Phi) is 6.91. The Morgan fingerprint density at radius 1 is 1.50 bits per heavy atom. The SMILES string of the molecule is CC(O)CO.COc1cc(C=O)ccc1O. The summed E-state index contributed by atoms with van der Waals surface area (Å²) in [5, 5.41) is 25.1. The summed E-state index contributed by atoms with van der Waals surface area (Å²) in [5.41, 5.74) is 0.486. The van der Waals surface area contributed by atoms with Gasteiger partial charge in [-0.1, -0.05) is 0 Å². The minimum absolute atomic E-state index is 0.0399. The van der Waals surface area contributed by atoms with Crippen LogP contribution in [0, 0.1) is 0 Å². The van der Waals surface area contributed by atoms with Crippen molar-refractivity contribution in [1.82, 2.24) is 0 Å². The predicted molar refractivity (Wildman–Crippen MR) is 58.8 cm³/mol. The van der Waals surface area contributed by atoms with E-state index in [-0.39, 0.29) is 12.4 Å². The van der Waals surface area contributed by atoms with Crippen LogP contribution in [-0.2, 0) is 0 Å². The topological polar surface area (TPSA) is 87.0 Å². The van der Waals surface area contributed by atoms with Gasteiger partial charge in [0.1, 0.15) is 6.29 Å². The molecule has 0 aliphatic carbocycles. The Bertz CT molecular complexity index is 322. The Morgan fingerprint density at radius 2 is 2.06 bits per heavy atom. The summed E-state index contributed by atoms with van der Waals surface area (Å²) in [4.78, 5) is 10.2. The molecule has 0 saturated heterocycles. The van der Waals surface area contributed by atoms with Crippen molar-refractivity contribution in [3.63, 3.8) is 0 Å². The molecule has 3 N–H and O–H groups in total. The molecule has 0 radical (unpaired) electrons. The van der Waals surface area contributed by atoms with Crippen molar-refractivity contribution >= 4 is 6.29 Å². The molecule has 1 rings (SSSR count). The standard InChI is InChI=1S/C8H8O3.C3H8O2/c1-11-8-4-6(5-9)2-3-7(8)10;1-3(5)2-4/h2-5,10H,1H3;3-5H,2H2,1H3. The molecule has 0 amide bonds. The highest BCUT2D eigenvalue weighted by Gasteiger charge is 2.00. The fourth-order valence-electron chi connectivity index (χ4n) is 0.768. The van der Waals surface area contributed by atoms with Crippen LogP contribution in [0.5, 0.6) is 11.5 Å². The second-order valence-electron chi connectivity index (χ2n) is 3.08. The molecule has 1 aromatic rings. The molecule has 0 aromatic heterocycles. The highest BCUT2D eigenvalue weighted by atomic mass is 16.5. The van der Waals surface area contributed by atoms with Crippen molar-refractivity contribution in [2.75, 3.05) is 13.7 Å². The van der Waals surface area contributed by atoms with E-state index in [1.807, 2.05) is 0 Å². The minimum atomic E-state index is -0.560. The van der Waals surface area contributed by atoms with E-state index < -0.39 is 6.10 Å². The van der Waals surface area contributed by atoms with Gasteiger partial charge in [0.05, 0.1) is 19.8 Å². The molecule has 5 nitrogen and oxygen atoms in total. The zero-order valence-electron chi connectivity index (χ0n) is 9.25. The maximum absolute atomic E-state index is 10.2. The van der Waals surface area contributed by atoms with E-state index in [0.717, 1.165) is 0 Å². The van der Waals surface area contributed by atoms with E-state index in [1.165, 1.54) is 32.2 Å². The van der Waals surface area contributed by atoms with Crippen molar-refractivity contribution in [2.45, 2.75) is 13.0 Å². The lowest BCUT2D eigenvalue weighted by Crippen LogP contribution is -2.03. The zero-order valence-corrected chi connectivity index (χ0v) is 9.25. The lowest BCUT2D eigenvalue weighted by atomic mass is 10.2. The smallest absolute Gasteiger partial charge is 0.161 e. The van der Waals surface area contributed by atoms with E-state index in [2.05, 4.69) is 0 Å². The van der Waals surface area contributed by atoms with E-state index in [9.17, 15) is 4.79 Å². The monoisotopic (exact) mass is 228 g/mol. The first-order chi connectivity index (χ1) is 7.54. The molecule has 1 aromatic carbocycles. The van der Waals surface area contributed by atoms with Gasteiger partial charge in [0.2, 0.25) is 0 Å². The van der Waals surface area contributed by atoms with E-state index in [4.69, 9.17) is 20.1 Å². The summed E-state index contributed by atoms with van der Waals surface area (Å²) in [6, 6.07) is 4.41. The van der Waals surface area contributed by atoms with Crippen LogP contribution < -0.4 is 4.74 Å². The van der Waals surface area contributed by atoms with E-state index in [0.29, 0.717) is 17.6 Å². The van der Waals surface area contributed by atoms with Crippen molar-refractivity contribution < 1.29 is 24.9 Å². The number of rotatable bonds is 3. The molecule has 1 atom stereocenters. The van der Waals surface area contributed by atoms with Gasteiger partial charge in [-0.25, -0.2) is 0 Å². The molecular formula is C11H16O5. The lowest BCUT2D eigenvalue weighted by Gasteiger charge is -2.01. The molecule has 1 unspecified atom stereocenters. The van der Waals surface area contributed by atoms with Crippen LogP contribution in [0.15, 0.2) is 18.2 Å². The van der Waals surface area contributed by atoms with Crippen LogP contribution in [0.1, 0.15) is 17.3 Å². The first kappa shape index (κ1) is 14.4. The molecular weight excluding hydrogens is 212 g/mol. The van der Waals surface area contributed by atoms with Crippen LogP contribution in [0.25, 0.3) is 0 Å². The summed E-state index contributed by atoms with van der Waals surface area (Å²) in [7, 11) is 1.43. The van der Waals surface area contributed by atoms with Gasteiger partial charge in [-0.2, -0.15) is 0 Å². The van der Waals surface area contributed by atoms with Gasteiger partial charge < -0.3 is 20.1 Å². The number of aliphatic hydroxyl groups excluding tert-OH is 2. The molecule has 5 heteroatoms. The van der Waals surface area contributed by atoms with Crippen LogP contribution in [0.2, 0.25) is 0 Å². The van der Waals surface area contributed by atoms with Crippen LogP contribution in [0.4, 0.5) is 0 Å². The number of hydrogen-bond donors (Lipinski definition) is 3. The maximum atomic E-state index is 10.2. The van der Waals surface area contributed by atoms with Gasteiger partial charge in [-0.05, 0) is 25.1 Å². The Balaban J connectivity index is 0.000000385. The first-order valence-corrected chi connectivity index (χ1v) is 4.66. The van der Waals surface area contributed by atoms with Gasteiger partial charge in [0.15, 0.2) is 11.5 Å². The van der Waals surface area contributed by atoms with Crippen LogP contribution in [0.3, 0.4) is 0 Å². The number of hydrogen-bond acceptors (Lipinski definition) is 5. The number of aldehydes is 1. The number of ether oxygens (including phenoxy) is 1.